The number of benzene rings is 2. The van der Waals surface area contributed by atoms with Crippen LogP contribution in [0.4, 0.5) is 15.8 Å². The first-order chi connectivity index (χ1) is 18.4. The number of amides is 1. The number of methoxy groups -OCH3 is 1. The van der Waals surface area contributed by atoms with Crippen molar-refractivity contribution in [1.29, 1.82) is 0 Å². The Morgan fingerprint density at radius 3 is 2.68 bits per heavy atom. The summed E-state index contributed by atoms with van der Waals surface area (Å²) in [6.45, 7) is 1.79. The molecule has 38 heavy (non-hydrogen) atoms. The van der Waals surface area contributed by atoms with E-state index in [0.717, 1.165) is 17.1 Å². The van der Waals surface area contributed by atoms with Gasteiger partial charge in [0, 0.05) is 41.9 Å². The largest absolute Gasteiger partial charge is 0.494 e. The van der Waals surface area contributed by atoms with Crippen molar-refractivity contribution in [3.63, 3.8) is 0 Å². The number of nitrogens with one attached hydrogen (secondary N) is 2. The van der Waals surface area contributed by atoms with Crippen molar-refractivity contribution in [2.75, 3.05) is 17.3 Å². The summed E-state index contributed by atoms with van der Waals surface area (Å²) in [5.74, 6) is -0.0886. The Labute approximate surface area is 230 Å². The Kier molecular flexibility index (Phi) is 7.31. The number of ether oxygens (including phenoxy) is 1. The standard InChI is InChI=1S/C28H25ClFN5O2S/c1-3-25(36)32-21-12-10-18(16-24(21)37-2)35-27(26(33-28(35)38)22-7-4-5-13-31-22)23-8-6-14-34(23)17-9-11-20(30)19(29)15-17/h4-16,26-27H,3H2,1-2H3,(H,32,36)(H,33,38)/t26-,27-/m1/s1. The average Bonchev–Trinajstić information content (AvgIpc) is 3.55. The lowest BCUT2D eigenvalue weighted by atomic mass is 10.0. The summed E-state index contributed by atoms with van der Waals surface area (Å²) in [6.07, 6.45) is 3.99. The van der Waals surface area contributed by atoms with Crippen LogP contribution in [-0.2, 0) is 4.79 Å². The first-order valence-corrected chi connectivity index (χ1v) is 12.8. The lowest BCUT2D eigenvalue weighted by Gasteiger charge is -2.29. The number of carbonyl (C=O) groups excluding carboxylic acids is 1. The third kappa shape index (κ3) is 4.82. The summed E-state index contributed by atoms with van der Waals surface area (Å²) in [5, 5.41) is 6.84. The van der Waals surface area contributed by atoms with Gasteiger partial charge in [0.1, 0.15) is 17.6 Å². The molecule has 0 bridgehead atoms. The van der Waals surface area contributed by atoms with Gasteiger partial charge in [-0.3, -0.25) is 9.78 Å². The molecule has 0 spiro atoms. The highest BCUT2D eigenvalue weighted by Gasteiger charge is 2.42. The predicted molar refractivity (Wildman–Crippen MR) is 151 cm³/mol. The highest BCUT2D eigenvalue weighted by atomic mass is 35.5. The van der Waals surface area contributed by atoms with Gasteiger partial charge in [-0.25, -0.2) is 4.39 Å². The van der Waals surface area contributed by atoms with Gasteiger partial charge in [0.05, 0.1) is 29.6 Å². The van der Waals surface area contributed by atoms with Gasteiger partial charge in [0.25, 0.3) is 0 Å². The van der Waals surface area contributed by atoms with Crippen LogP contribution >= 0.6 is 23.8 Å². The van der Waals surface area contributed by atoms with Gasteiger partial charge in [0.15, 0.2) is 5.11 Å². The Bertz CT molecular complexity index is 1500. The zero-order chi connectivity index (χ0) is 26.8. The van der Waals surface area contributed by atoms with Crippen LogP contribution in [0.15, 0.2) is 79.1 Å². The molecule has 0 aliphatic carbocycles. The molecule has 2 aromatic heterocycles. The molecule has 0 radical (unpaired) electrons. The molecule has 7 nitrogen and oxygen atoms in total. The molecule has 2 atom stereocenters. The van der Waals surface area contributed by atoms with E-state index < -0.39 is 5.82 Å². The van der Waals surface area contributed by atoms with Crippen LogP contribution in [-0.4, -0.2) is 27.7 Å². The highest BCUT2D eigenvalue weighted by molar-refractivity contribution is 7.80. The summed E-state index contributed by atoms with van der Waals surface area (Å²) in [6, 6.07) is 19.2. The molecule has 3 heterocycles. The third-order valence-corrected chi connectivity index (χ3v) is 7.03. The normalized spacial score (nSPS) is 16.8. The van der Waals surface area contributed by atoms with Crippen LogP contribution < -0.4 is 20.3 Å². The van der Waals surface area contributed by atoms with Gasteiger partial charge >= 0.3 is 0 Å². The third-order valence-electron chi connectivity index (χ3n) is 6.42. The van der Waals surface area contributed by atoms with Gasteiger partial charge in [-0.2, -0.15) is 0 Å². The predicted octanol–water partition coefficient (Wildman–Crippen LogP) is 6.20. The van der Waals surface area contributed by atoms with E-state index in [0.29, 0.717) is 28.7 Å². The number of nitrogens with zero attached hydrogens (tertiary/aromatic N) is 3. The van der Waals surface area contributed by atoms with Crippen molar-refractivity contribution in [1.82, 2.24) is 14.9 Å². The van der Waals surface area contributed by atoms with Gasteiger partial charge in [-0.05, 0) is 66.8 Å². The molecule has 1 aliphatic heterocycles. The second-order valence-electron chi connectivity index (χ2n) is 8.68. The zero-order valence-electron chi connectivity index (χ0n) is 20.7. The molecule has 1 saturated heterocycles. The molecule has 194 valence electrons. The number of hydrogen-bond donors (Lipinski definition) is 2. The Morgan fingerprint density at radius 1 is 1.16 bits per heavy atom. The Morgan fingerprint density at radius 2 is 1.97 bits per heavy atom. The minimum atomic E-state index is -0.483. The van der Waals surface area contributed by atoms with E-state index in [9.17, 15) is 9.18 Å². The van der Waals surface area contributed by atoms with E-state index in [-0.39, 0.29) is 23.0 Å². The van der Waals surface area contributed by atoms with Gasteiger partial charge in [-0.1, -0.05) is 24.6 Å². The van der Waals surface area contributed by atoms with E-state index in [1.165, 1.54) is 6.07 Å². The smallest absolute Gasteiger partial charge is 0.224 e. The molecule has 1 fully saturated rings. The number of pyridine rings is 1. The minimum Gasteiger partial charge on any atom is -0.494 e. The SMILES string of the molecule is CCC(=O)Nc1ccc(N2C(=S)N[C@H](c3ccccn3)[C@H]2c2cccn2-c2ccc(F)c(Cl)c2)cc1OC. The van der Waals surface area contributed by atoms with Crippen molar-refractivity contribution in [3.05, 3.63) is 101 Å². The second-order valence-corrected chi connectivity index (χ2v) is 9.48. The van der Waals surface area contributed by atoms with Crippen molar-refractivity contribution in [3.8, 4) is 11.4 Å². The second kappa shape index (κ2) is 10.8. The summed E-state index contributed by atoms with van der Waals surface area (Å²) in [7, 11) is 1.55. The van der Waals surface area contributed by atoms with E-state index in [4.69, 9.17) is 28.6 Å². The minimum absolute atomic E-state index is 0.0369. The molecule has 5 rings (SSSR count). The Hall–Kier alpha value is -3.95. The van der Waals surface area contributed by atoms with E-state index in [1.807, 2.05) is 58.1 Å². The fraction of sp³-hybridized carbons (Fsp3) is 0.179. The van der Waals surface area contributed by atoms with Crippen LogP contribution in [0.5, 0.6) is 5.75 Å². The monoisotopic (exact) mass is 549 g/mol. The number of hydrogen-bond acceptors (Lipinski definition) is 4. The maximum absolute atomic E-state index is 13.9. The van der Waals surface area contributed by atoms with Crippen molar-refractivity contribution in [2.45, 2.75) is 25.4 Å². The van der Waals surface area contributed by atoms with Gasteiger partial charge in [0.2, 0.25) is 5.91 Å². The summed E-state index contributed by atoms with van der Waals surface area (Å²) >= 11 is 12.0. The van der Waals surface area contributed by atoms with E-state index in [1.54, 1.807) is 38.4 Å². The fourth-order valence-corrected chi connectivity index (χ4v) is 5.13. The molecule has 4 aromatic rings. The highest BCUT2D eigenvalue weighted by Crippen LogP contribution is 2.44. The number of carbonyl (C=O) groups is 1. The lowest BCUT2D eigenvalue weighted by molar-refractivity contribution is -0.115. The first-order valence-electron chi connectivity index (χ1n) is 12.0. The Balaban J connectivity index is 1.63. The van der Waals surface area contributed by atoms with Crippen LogP contribution in [0.3, 0.4) is 0 Å². The van der Waals surface area contributed by atoms with Crippen molar-refractivity contribution in [2.24, 2.45) is 0 Å². The summed E-state index contributed by atoms with van der Waals surface area (Å²) < 4.78 is 21.5. The zero-order valence-corrected chi connectivity index (χ0v) is 22.3. The van der Waals surface area contributed by atoms with Crippen LogP contribution in [0, 0.1) is 5.82 Å². The number of aromatic nitrogens is 2. The van der Waals surface area contributed by atoms with E-state index >= 15 is 0 Å². The lowest BCUT2D eigenvalue weighted by Crippen LogP contribution is -2.30. The molecular formula is C28H25ClFN5O2S. The van der Waals surface area contributed by atoms with Crippen LogP contribution in [0.1, 0.15) is 36.8 Å². The topological polar surface area (TPSA) is 71.4 Å². The molecular weight excluding hydrogens is 525 g/mol. The molecule has 2 aromatic carbocycles. The molecule has 2 N–H and O–H groups in total. The number of rotatable bonds is 7. The molecule has 0 unspecified atom stereocenters. The van der Waals surface area contributed by atoms with E-state index in [2.05, 4.69) is 15.6 Å². The maximum Gasteiger partial charge on any atom is 0.224 e. The average molecular weight is 550 g/mol. The van der Waals surface area contributed by atoms with Crippen LogP contribution in [0.2, 0.25) is 5.02 Å². The number of anilines is 2. The van der Waals surface area contributed by atoms with Gasteiger partial charge < -0.3 is 24.8 Å². The quantitative estimate of drug-likeness (QED) is 0.267. The number of halogens is 2. The van der Waals surface area contributed by atoms with Crippen molar-refractivity contribution >= 4 is 46.2 Å². The fourth-order valence-electron chi connectivity index (χ4n) is 4.61. The van der Waals surface area contributed by atoms with Gasteiger partial charge in [-0.15, -0.1) is 0 Å². The van der Waals surface area contributed by atoms with Crippen molar-refractivity contribution < 1.29 is 13.9 Å². The summed E-state index contributed by atoms with van der Waals surface area (Å²) in [4.78, 5) is 18.6. The molecule has 1 amide bonds. The maximum atomic E-state index is 13.9. The first kappa shape index (κ1) is 25.7. The summed E-state index contributed by atoms with van der Waals surface area (Å²) in [5.41, 5.74) is 3.75. The van der Waals surface area contributed by atoms with Crippen LogP contribution in [0.25, 0.3) is 5.69 Å². The number of thiocarbonyl (C=S) groups is 1. The molecule has 1 aliphatic rings. The molecule has 10 heteroatoms. The molecule has 0 saturated carbocycles.